The Bertz CT molecular complexity index is 604. The van der Waals surface area contributed by atoms with Crippen LogP contribution in [0.5, 0.6) is 0 Å². The summed E-state index contributed by atoms with van der Waals surface area (Å²) in [5, 5.41) is 3.59. The standard InChI is InChI=1S/C15H19N3OS/c1-10-4-6-11(7-5-10)9-18(3)13-8-12(16)14(20-13)15(19)17-2/h4-8H,9,16H2,1-3H3,(H,17,19). The SMILES string of the molecule is CNC(=O)c1sc(N(C)Cc2ccc(C)cc2)cc1N. The van der Waals surface area contributed by atoms with Gasteiger partial charge in [-0.3, -0.25) is 4.79 Å². The van der Waals surface area contributed by atoms with Gasteiger partial charge in [0.2, 0.25) is 0 Å². The minimum Gasteiger partial charge on any atom is -0.397 e. The van der Waals surface area contributed by atoms with Crippen molar-refractivity contribution in [2.45, 2.75) is 13.5 Å². The van der Waals surface area contributed by atoms with Crippen molar-refractivity contribution in [2.75, 3.05) is 24.7 Å². The molecule has 20 heavy (non-hydrogen) atoms. The van der Waals surface area contributed by atoms with Crippen LogP contribution < -0.4 is 16.0 Å². The van der Waals surface area contributed by atoms with E-state index < -0.39 is 0 Å². The minimum absolute atomic E-state index is 0.137. The molecule has 4 nitrogen and oxygen atoms in total. The Morgan fingerprint density at radius 2 is 2.00 bits per heavy atom. The fraction of sp³-hybridized carbons (Fsp3) is 0.267. The van der Waals surface area contributed by atoms with Crippen molar-refractivity contribution in [1.82, 2.24) is 5.32 Å². The highest BCUT2D eigenvalue weighted by molar-refractivity contribution is 7.18. The van der Waals surface area contributed by atoms with Gasteiger partial charge in [0.25, 0.3) is 5.91 Å². The lowest BCUT2D eigenvalue weighted by Crippen LogP contribution is -2.17. The summed E-state index contributed by atoms with van der Waals surface area (Å²) in [5.74, 6) is -0.137. The number of nitrogens with zero attached hydrogens (tertiary/aromatic N) is 1. The number of hydrogen-bond acceptors (Lipinski definition) is 4. The molecule has 0 atom stereocenters. The van der Waals surface area contributed by atoms with Crippen LogP contribution in [0.1, 0.15) is 20.8 Å². The molecule has 2 rings (SSSR count). The number of aryl methyl sites for hydroxylation is 1. The van der Waals surface area contributed by atoms with Gasteiger partial charge in [0, 0.05) is 20.6 Å². The number of amides is 1. The van der Waals surface area contributed by atoms with E-state index in [1.165, 1.54) is 22.5 Å². The molecule has 0 aliphatic heterocycles. The average Bonchev–Trinajstić information content (AvgIpc) is 2.82. The van der Waals surface area contributed by atoms with E-state index in [9.17, 15) is 4.79 Å². The molecule has 1 amide bonds. The molecule has 0 unspecified atom stereocenters. The summed E-state index contributed by atoms with van der Waals surface area (Å²) < 4.78 is 0. The van der Waals surface area contributed by atoms with E-state index in [0.29, 0.717) is 10.6 Å². The lowest BCUT2D eigenvalue weighted by molar-refractivity contribution is 0.0968. The molecular formula is C15H19N3OS. The van der Waals surface area contributed by atoms with Crippen LogP contribution in [0.2, 0.25) is 0 Å². The molecule has 1 aromatic heterocycles. The maximum atomic E-state index is 11.7. The van der Waals surface area contributed by atoms with Gasteiger partial charge in [0.05, 0.1) is 10.7 Å². The van der Waals surface area contributed by atoms with Crippen LogP contribution in [0.3, 0.4) is 0 Å². The monoisotopic (exact) mass is 289 g/mol. The minimum atomic E-state index is -0.137. The highest BCUT2D eigenvalue weighted by Crippen LogP contribution is 2.32. The Labute approximate surface area is 123 Å². The molecule has 2 aromatic rings. The first-order valence-electron chi connectivity index (χ1n) is 6.39. The zero-order chi connectivity index (χ0) is 14.7. The Morgan fingerprint density at radius 1 is 1.35 bits per heavy atom. The molecule has 0 bridgehead atoms. The van der Waals surface area contributed by atoms with Crippen LogP contribution in [0.15, 0.2) is 30.3 Å². The predicted molar refractivity (Wildman–Crippen MR) is 85.4 cm³/mol. The molecular weight excluding hydrogens is 270 g/mol. The summed E-state index contributed by atoms with van der Waals surface area (Å²) in [6.07, 6.45) is 0. The number of hydrogen-bond donors (Lipinski definition) is 2. The quantitative estimate of drug-likeness (QED) is 0.909. The summed E-state index contributed by atoms with van der Waals surface area (Å²) in [6, 6.07) is 10.3. The first-order chi connectivity index (χ1) is 9.51. The molecule has 5 heteroatoms. The van der Waals surface area contributed by atoms with E-state index in [1.807, 2.05) is 13.1 Å². The molecule has 0 aliphatic rings. The van der Waals surface area contributed by atoms with Gasteiger partial charge in [-0.15, -0.1) is 11.3 Å². The first-order valence-corrected chi connectivity index (χ1v) is 7.21. The number of carbonyl (C=O) groups is 1. The molecule has 0 radical (unpaired) electrons. The van der Waals surface area contributed by atoms with Crippen molar-refractivity contribution in [3.05, 3.63) is 46.3 Å². The Kier molecular flexibility index (Phi) is 4.29. The van der Waals surface area contributed by atoms with E-state index >= 15 is 0 Å². The highest BCUT2D eigenvalue weighted by atomic mass is 32.1. The summed E-state index contributed by atoms with van der Waals surface area (Å²) in [6.45, 7) is 2.86. The van der Waals surface area contributed by atoms with E-state index in [2.05, 4.69) is 41.4 Å². The van der Waals surface area contributed by atoms with Gasteiger partial charge in [-0.25, -0.2) is 0 Å². The second-order valence-electron chi connectivity index (χ2n) is 4.79. The molecule has 0 fully saturated rings. The predicted octanol–water partition coefficient (Wildman–Crippen LogP) is 2.63. The first kappa shape index (κ1) is 14.4. The van der Waals surface area contributed by atoms with E-state index in [-0.39, 0.29) is 5.91 Å². The normalized spacial score (nSPS) is 10.3. The summed E-state index contributed by atoms with van der Waals surface area (Å²) in [7, 11) is 3.61. The van der Waals surface area contributed by atoms with Gasteiger partial charge in [0.1, 0.15) is 4.88 Å². The van der Waals surface area contributed by atoms with Crippen LogP contribution >= 0.6 is 11.3 Å². The van der Waals surface area contributed by atoms with Crippen molar-refractivity contribution >= 4 is 27.9 Å². The Hall–Kier alpha value is -2.01. The van der Waals surface area contributed by atoms with Gasteiger partial charge in [-0.1, -0.05) is 29.8 Å². The lowest BCUT2D eigenvalue weighted by Gasteiger charge is -2.17. The molecule has 0 aliphatic carbocycles. The van der Waals surface area contributed by atoms with Gasteiger partial charge < -0.3 is 16.0 Å². The van der Waals surface area contributed by atoms with Crippen molar-refractivity contribution in [1.29, 1.82) is 0 Å². The van der Waals surface area contributed by atoms with Crippen molar-refractivity contribution in [3.63, 3.8) is 0 Å². The van der Waals surface area contributed by atoms with Gasteiger partial charge in [-0.2, -0.15) is 0 Å². The fourth-order valence-electron chi connectivity index (χ4n) is 1.92. The second-order valence-corrected chi connectivity index (χ2v) is 5.82. The van der Waals surface area contributed by atoms with Crippen LogP contribution in [-0.4, -0.2) is 20.0 Å². The zero-order valence-electron chi connectivity index (χ0n) is 11.9. The Morgan fingerprint density at radius 3 is 2.60 bits per heavy atom. The number of carbonyl (C=O) groups excluding carboxylic acids is 1. The third-order valence-corrected chi connectivity index (χ3v) is 4.36. The van der Waals surface area contributed by atoms with Crippen LogP contribution in [0.25, 0.3) is 0 Å². The summed E-state index contributed by atoms with van der Waals surface area (Å²) >= 11 is 1.41. The third-order valence-electron chi connectivity index (χ3n) is 3.10. The molecule has 1 aromatic carbocycles. The molecule has 106 valence electrons. The maximum Gasteiger partial charge on any atom is 0.263 e. The number of nitrogens with one attached hydrogen (secondary N) is 1. The topological polar surface area (TPSA) is 58.4 Å². The fourth-order valence-corrected chi connectivity index (χ4v) is 2.90. The van der Waals surface area contributed by atoms with E-state index in [1.54, 1.807) is 7.05 Å². The van der Waals surface area contributed by atoms with Gasteiger partial charge >= 0.3 is 0 Å². The number of anilines is 2. The molecule has 3 N–H and O–H groups in total. The second kappa shape index (κ2) is 5.96. The number of nitrogen functional groups attached to an aromatic ring is 1. The van der Waals surface area contributed by atoms with Gasteiger partial charge in [0.15, 0.2) is 0 Å². The zero-order valence-corrected chi connectivity index (χ0v) is 12.8. The highest BCUT2D eigenvalue weighted by Gasteiger charge is 2.15. The molecule has 0 saturated carbocycles. The molecule has 0 spiro atoms. The smallest absolute Gasteiger partial charge is 0.263 e. The van der Waals surface area contributed by atoms with Crippen molar-refractivity contribution in [3.8, 4) is 0 Å². The maximum absolute atomic E-state index is 11.7. The van der Waals surface area contributed by atoms with Crippen LogP contribution in [0.4, 0.5) is 10.7 Å². The van der Waals surface area contributed by atoms with Crippen molar-refractivity contribution < 1.29 is 4.79 Å². The summed E-state index contributed by atoms with van der Waals surface area (Å²) in [4.78, 5) is 14.3. The molecule has 1 heterocycles. The third kappa shape index (κ3) is 3.11. The van der Waals surface area contributed by atoms with Crippen LogP contribution in [0, 0.1) is 6.92 Å². The number of benzene rings is 1. The lowest BCUT2D eigenvalue weighted by atomic mass is 10.1. The largest absolute Gasteiger partial charge is 0.397 e. The van der Waals surface area contributed by atoms with Crippen molar-refractivity contribution in [2.24, 2.45) is 0 Å². The van der Waals surface area contributed by atoms with E-state index in [0.717, 1.165) is 11.5 Å². The average molecular weight is 289 g/mol. The summed E-state index contributed by atoms with van der Waals surface area (Å²) in [5.41, 5.74) is 8.90. The Balaban J connectivity index is 2.15. The number of rotatable bonds is 4. The van der Waals surface area contributed by atoms with Crippen LogP contribution in [-0.2, 0) is 6.54 Å². The number of nitrogens with two attached hydrogens (primary N) is 1. The number of thiophene rings is 1. The molecule has 0 saturated heterocycles. The van der Waals surface area contributed by atoms with E-state index in [4.69, 9.17) is 5.73 Å². The van der Waals surface area contributed by atoms with Gasteiger partial charge in [-0.05, 0) is 18.6 Å².